The summed E-state index contributed by atoms with van der Waals surface area (Å²) in [5.74, 6) is 0.810. The highest BCUT2D eigenvalue weighted by molar-refractivity contribution is 9.13. The molecule has 1 N–H and O–H groups in total. The summed E-state index contributed by atoms with van der Waals surface area (Å²) in [6.07, 6.45) is 2.52. The molecular formula is C12H19Br2NS. The van der Waals surface area contributed by atoms with Gasteiger partial charge in [0.15, 0.2) is 0 Å². The Hall–Kier alpha value is 0.620. The second-order valence-corrected chi connectivity index (χ2v) is 7.67. The van der Waals surface area contributed by atoms with Crippen molar-refractivity contribution in [2.45, 2.75) is 46.2 Å². The summed E-state index contributed by atoms with van der Waals surface area (Å²) in [7, 11) is 0. The molecule has 1 nitrogen and oxygen atoms in total. The average Bonchev–Trinajstić information content (AvgIpc) is 2.55. The number of halogens is 2. The largest absolute Gasteiger partial charge is 0.309 e. The van der Waals surface area contributed by atoms with E-state index in [4.69, 9.17) is 0 Å². The van der Waals surface area contributed by atoms with Crippen LogP contribution in [0.3, 0.4) is 0 Å². The minimum Gasteiger partial charge on any atom is -0.309 e. The van der Waals surface area contributed by atoms with Crippen LogP contribution in [-0.4, -0.2) is 6.04 Å². The third kappa shape index (κ3) is 4.86. The van der Waals surface area contributed by atoms with Crippen LogP contribution in [0.2, 0.25) is 0 Å². The van der Waals surface area contributed by atoms with Crippen molar-refractivity contribution in [1.82, 2.24) is 5.32 Å². The minimum atomic E-state index is 0.592. The Kier molecular flexibility index (Phi) is 6.55. The Morgan fingerprint density at radius 2 is 2.06 bits per heavy atom. The van der Waals surface area contributed by atoms with Crippen molar-refractivity contribution in [3.8, 4) is 0 Å². The maximum absolute atomic E-state index is 3.57. The van der Waals surface area contributed by atoms with Gasteiger partial charge in [0.2, 0.25) is 0 Å². The second-order valence-electron chi connectivity index (χ2n) is 4.37. The normalized spacial score (nSPS) is 15.1. The summed E-state index contributed by atoms with van der Waals surface area (Å²) >= 11 is 8.82. The van der Waals surface area contributed by atoms with Gasteiger partial charge in [-0.3, -0.25) is 0 Å². The SMILES string of the molecule is CCC(C)CC(C)NCc1cc(Br)c(Br)s1. The Labute approximate surface area is 119 Å². The van der Waals surface area contributed by atoms with Gasteiger partial charge in [0.1, 0.15) is 0 Å². The Balaban J connectivity index is 2.34. The first kappa shape index (κ1) is 14.7. The standard InChI is InChI=1S/C12H19Br2NS/c1-4-8(2)5-9(3)15-7-10-6-11(13)12(14)16-10/h6,8-9,15H,4-5,7H2,1-3H3. The third-order valence-electron chi connectivity index (χ3n) is 2.77. The summed E-state index contributed by atoms with van der Waals surface area (Å²) in [5, 5.41) is 3.57. The second kappa shape index (κ2) is 7.14. The average molecular weight is 369 g/mol. The van der Waals surface area contributed by atoms with Crippen molar-refractivity contribution in [3.05, 3.63) is 19.2 Å². The molecule has 2 atom stereocenters. The first-order chi connectivity index (χ1) is 7.52. The van der Waals surface area contributed by atoms with E-state index in [1.165, 1.54) is 21.5 Å². The van der Waals surface area contributed by atoms with Gasteiger partial charge in [-0.1, -0.05) is 20.3 Å². The van der Waals surface area contributed by atoms with E-state index in [1.54, 1.807) is 11.3 Å². The van der Waals surface area contributed by atoms with Crippen LogP contribution in [0.15, 0.2) is 14.3 Å². The molecule has 1 rings (SSSR count). The van der Waals surface area contributed by atoms with E-state index >= 15 is 0 Å². The lowest BCUT2D eigenvalue weighted by atomic mass is 10.0. The van der Waals surface area contributed by atoms with Crippen LogP contribution in [0.25, 0.3) is 0 Å². The number of rotatable bonds is 6. The predicted octanol–water partition coefficient (Wildman–Crippen LogP) is 5.19. The predicted molar refractivity (Wildman–Crippen MR) is 80.1 cm³/mol. The number of thiophene rings is 1. The molecule has 0 aromatic carbocycles. The van der Waals surface area contributed by atoms with Gasteiger partial charge in [-0.2, -0.15) is 0 Å². The van der Waals surface area contributed by atoms with Crippen molar-refractivity contribution < 1.29 is 0 Å². The highest BCUT2D eigenvalue weighted by Gasteiger charge is 2.08. The van der Waals surface area contributed by atoms with E-state index in [0.717, 1.165) is 16.9 Å². The summed E-state index contributed by atoms with van der Waals surface area (Å²) in [4.78, 5) is 1.37. The third-order valence-corrected chi connectivity index (χ3v) is 6.03. The van der Waals surface area contributed by atoms with Crippen LogP contribution in [-0.2, 0) is 6.54 Å². The lowest BCUT2D eigenvalue weighted by molar-refractivity contribution is 0.413. The topological polar surface area (TPSA) is 12.0 Å². The van der Waals surface area contributed by atoms with Crippen molar-refractivity contribution in [1.29, 1.82) is 0 Å². The Morgan fingerprint density at radius 1 is 1.38 bits per heavy atom. The molecule has 1 aromatic heterocycles. The Bertz CT molecular complexity index is 305. The number of hydrogen-bond acceptors (Lipinski definition) is 2. The van der Waals surface area contributed by atoms with E-state index in [0.29, 0.717) is 6.04 Å². The van der Waals surface area contributed by atoms with Crippen LogP contribution >= 0.6 is 43.2 Å². The van der Waals surface area contributed by atoms with Gasteiger partial charge in [0.05, 0.1) is 3.79 Å². The van der Waals surface area contributed by atoms with Crippen LogP contribution in [0.4, 0.5) is 0 Å². The molecule has 0 amide bonds. The molecule has 92 valence electrons. The fraction of sp³-hybridized carbons (Fsp3) is 0.667. The maximum Gasteiger partial charge on any atom is 0.0843 e. The van der Waals surface area contributed by atoms with Gasteiger partial charge in [-0.25, -0.2) is 0 Å². The first-order valence-electron chi connectivity index (χ1n) is 5.70. The summed E-state index contributed by atoms with van der Waals surface area (Å²) < 4.78 is 2.34. The fourth-order valence-electron chi connectivity index (χ4n) is 1.61. The summed E-state index contributed by atoms with van der Waals surface area (Å²) in [6.45, 7) is 7.80. The fourth-order valence-corrected chi connectivity index (χ4v) is 3.73. The molecule has 0 radical (unpaired) electrons. The van der Waals surface area contributed by atoms with Crippen LogP contribution in [0.1, 0.15) is 38.5 Å². The molecule has 1 heterocycles. The molecule has 0 aliphatic rings. The highest BCUT2D eigenvalue weighted by atomic mass is 79.9. The van der Waals surface area contributed by atoms with E-state index in [-0.39, 0.29) is 0 Å². The van der Waals surface area contributed by atoms with Crippen molar-refractivity contribution in [3.63, 3.8) is 0 Å². The molecule has 1 aromatic rings. The molecule has 0 aliphatic heterocycles. The van der Waals surface area contributed by atoms with E-state index in [9.17, 15) is 0 Å². The molecule has 0 aliphatic carbocycles. The summed E-state index contributed by atoms with van der Waals surface area (Å²) in [5.41, 5.74) is 0. The van der Waals surface area contributed by atoms with E-state index in [1.807, 2.05) is 0 Å². The first-order valence-corrected chi connectivity index (χ1v) is 8.10. The minimum absolute atomic E-state index is 0.592. The van der Waals surface area contributed by atoms with Crippen molar-refractivity contribution in [2.75, 3.05) is 0 Å². The molecule has 0 fully saturated rings. The van der Waals surface area contributed by atoms with E-state index in [2.05, 4.69) is 64.0 Å². The molecule has 0 saturated carbocycles. The van der Waals surface area contributed by atoms with Gasteiger partial charge >= 0.3 is 0 Å². The molecule has 0 bridgehead atoms. The highest BCUT2D eigenvalue weighted by Crippen LogP contribution is 2.32. The zero-order chi connectivity index (χ0) is 12.1. The Morgan fingerprint density at radius 3 is 2.56 bits per heavy atom. The lowest BCUT2D eigenvalue weighted by Gasteiger charge is -2.16. The maximum atomic E-state index is 3.57. The van der Waals surface area contributed by atoms with Crippen LogP contribution in [0, 0.1) is 5.92 Å². The van der Waals surface area contributed by atoms with Gasteiger partial charge in [-0.05, 0) is 57.2 Å². The zero-order valence-electron chi connectivity index (χ0n) is 10.0. The van der Waals surface area contributed by atoms with Crippen LogP contribution < -0.4 is 5.32 Å². The summed E-state index contributed by atoms with van der Waals surface area (Å²) in [6, 6.07) is 2.77. The van der Waals surface area contributed by atoms with Gasteiger partial charge < -0.3 is 5.32 Å². The smallest absolute Gasteiger partial charge is 0.0843 e. The number of nitrogens with one attached hydrogen (secondary N) is 1. The molecule has 4 heteroatoms. The van der Waals surface area contributed by atoms with E-state index < -0.39 is 0 Å². The zero-order valence-corrected chi connectivity index (χ0v) is 14.0. The lowest BCUT2D eigenvalue weighted by Crippen LogP contribution is -2.26. The van der Waals surface area contributed by atoms with Crippen LogP contribution in [0.5, 0.6) is 0 Å². The van der Waals surface area contributed by atoms with Gasteiger partial charge in [0, 0.05) is 21.9 Å². The number of hydrogen-bond donors (Lipinski definition) is 1. The molecule has 0 spiro atoms. The van der Waals surface area contributed by atoms with Gasteiger partial charge in [-0.15, -0.1) is 11.3 Å². The molecular weight excluding hydrogens is 350 g/mol. The molecule has 16 heavy (non-hydrogen) atoms. The quantitative estimate of drug-likeness (QED) is 0.728. The van der Waals surface area contributed by atoms with Crippen molar-refractivity contribution >= 4 is 43.2 Å². The van der Waals surface area contributed by atoms with Crippen molar-refractivity contribution in [2.24, 2.45) is 5.92 Å². The monoisotopic (exact) mass is 367 g/mol. The molecule has 0 saturated heterocycles. The molecule has 2 unspecified atom stereocenters. The van der Waals surface area contributed by atoms with Gasteiger partial charge in [0.25, 0.3) is 0 Å².